The number of carboxylic acids is 2. The van der Waals surface area contributed by atoms with Crippen molar-refractivity contribution in [3.8, 4) is 11.3 Å². The van der Waals surface area contributed by atoms with Gasteiger partial charge >= 0.3 is 18.1 Å². The zero-order chi connectivity index (χ0) is 31.6. The van der Waals surface area contributed by atoms with Gasteiger partial charge in [-0.1, -0.05) is 30.3 Å². The average molecular weight is 600 g/mol. The highest BCUT2D eigenvalue weighted by molar-refractivity contribution is 5.91. The average Bonchev–Trinajstić information content (AvgIpc) is 3.26. The van der Waals surface area contributed by atoms with Gasteiger partial charge in [-0.25, -0.2) is 18.4 Å². The van der Waals surface area contributed by atoms with Crippen LogP contribution in [0.25, 0.3) is 22.2 Å². The minimum absolute atomic E-state index is 0.0757. The van der Waals surface area contributed by atoms with Crippen molar-refractivity contribution < 1.29 is 46.5 Å². The fourth-order valence-corrected chi connectivity index (χ4v) is 4.13. The van der Waals surface area contributed by atoms with Crippen molar-refractivity contribution in [3.63, 3.8) is 0 Å². The number of halogens is 5. The first-order valence-corrected chi connectivity index (χ1v) is 12.5. The molecule has 42 heavy (non-hydrogen) atoms. The van der Waals surface area contributed by atoms with Crippen LogP contribution in [-0.2, 0) is 20.8 Å². The van der Waals surface area contributed by atoms with E-state index in [2.05, 4.69) is 9.98 Å². The molecule has 15 heteroatoms. The maximum Gasteiger partial charge on any atom is 0.490 e. The Balaban J connectivity index is 0.000000782. The topological polar surface area (TPSA) is 175 Å². The van der Waals surface area contributed by atoms with E-state index in [-0.39, 0.29) is 36.8 Å². The number of likely N-dealkylation sites (N-methyl/N-ethyl adjacent to an activating group) is 1. The van der Waals surface area contributed by atoms with E-state index in [1.807, 2.05) is 30.3 Å². The largest absolute Gasteiger partial charge is 0.490 e. The summed E-state index contributed by atoms with van der Waals surface area (Å²) in [6.07, 6.45) is -3.66. The van der Waals surface area contributed by atoms with Crippen LogP contribution >= 0.6 is 0 Å². The first-order chi connectivity index (χ1) is 19.6. The number of carbonyl (C=O) groups excluding carboxylic acids is 1. The molecule has 1 atom stereocenters. The lowest BCUT2D eigenvalue weighted by Crippen LogP contribution is -2.42. The maximum absolute atomic E-state index is 14.4. The van der Waals surface area contributed by atoms with Crippen LogP contribution in [0.5, 0.6) is 0 Å². The molecule has 2 aromatic carbocycles. The molecule has 7 N–H and O–H groups in total. The molecule has 0 bridgehead atoms. The summed E-state index contributed by atoms with van der Waals surface area (Å²) in [4.78, 5) is 41.4. The summed E-state index contributed by atoms with van der Waals surface area (Å²) in [6.45, 7) is 0.268. The van der Waals surface area contributed by atoms with Crippen LogP contribution in [0.3, 0.4) is 0 Å². The maximum atomic E-state index is 14.4. The minimum Gasteiger partial charge on any atom is -0.480 e. The number of carboxylic acid groups (broad SMARTS) is 2. The molecule has 3 rings (SSSR count). The number of benzene rings is 2. The summed E-state index contributed by atoms with van der Waals surface area (Å²) in [5.41, 5.74) is 12.9. The van der Waals surface area contributed by atoms with Crippen LogP contribution in [0.4, 0.5) is 22.0 Å². The van der Waals surface area contributed by atoms with Crippen molar-refractivity contribution in [2.75, 3.05) is 13.6 Å². The van der Waals surface area contributed by atoms with E-state index >= 15 is 0 Å². The summed E-state index contributed by atoms with van der Waals surface area (Å²) in [5, 5.41) is 17.1. The van der Waals surface area contributed by atoms with Crippen LogP contribution in [-0.4, -0.2) is 69.7 Å². The third-order valence-corrected chi connectivity index (χ3v) is 6.13. The number of aliphatic carboxylic acids is 2. The highest BCUT2D eigenvalue weighted by atomic mass is 19.4. The second-order valence-corrected chi connectivity index (χ2v) is 9.12. The quantitative estimate of drug-likeness (QED) is 0.0957. The van der Waals surface area contributed by atoms with Crippen LogP contribution in [0, 0.1) is 11.6 Å². The van der Waals surface area contributed by atoms with E-state index in [1.165, 1.54) is 18.0 Å². The van der Waals surface area contributed by atoms with Crippen molar-refractivity contribution in [3.05, 3.63) is 59.7 Å². The summed E-state index contributed by atoms with van der Waals surface area (Å²) in [6, 6.07) is 10.4. The Hall–Kier alpha value is -4.69. The second kappa shape index (κ2) is 14.8. The smallest absolute Gasteiger partial charge is 0.480 e. The van der Waals surface area contributed by atoms with Gasteiger partial charge in [0.1, 0.15) is 17.7 Å². The SMILES string of the molecule is CN(C(=O)CCCc1c(-c2ccccc2)[nH]c2c(F)cc(F)cc12)[C@@H](CCCN=C(N)N)C(=O)O.O=C(O)C(F)(F)F. The van der Waals surface area contributed by atoms with Crippen LogP contribution in [0.1, 0.15) is 31.2 Å². The highest BCUT2D eigenvalue weighted by Crippen LogP contribution is 2.33. The van der Waals surface area contributed by atoms with Gasteiger partial charge in [0.2, 0.25) is 5.91 Å². The van der Waals surface area contributed by atoms with Crippen molar-refractivity contribution in [1.29, 1.82) is 0 Å². The number of rotatable bonds is 11. The molecule has 3 aromatic rings. The number of carbonyl (C=O) groups is 3. The van der Waals surface area contributed by atoms with E-state index in [1.54, 1.807) is 0 Å². The molecule has 0 spiro atoms. The number of nitrogens with zero attached hydrogens (tertiary/aromatic N) is 2. The van der Waals surface area contributed by atoms with E-state index in [9.17, 15) is 36.6 Å². The Morgan fingerprint density at radius 3 is 2.21 bits per heavy atom. The van der Waals surface area contributed by atoms with Gasteiger partial charge in [0.25, 0.3) is 0 Å². The van der Waals surface area contributed by atoms with Gasteiger partial charge in [0.15, 0.2) is 5.96 Å². The number of H-pyrrole nitrogens is 1. The molecular formula is C27H30F5N5O5. The van der Waals surface area contributed by atoms with Crippen molar-refractivity contribution in [2.45, 2.75) is 44.3 Å². The minimum atomic E-state index is -5.08. The number of nitrogens with one attached hydrogen (secondary N) is 1. The molecule has 0 unspecified atom stereocenters. The van der Waals surface area contributed by atoms with Crippen LogP contribution in [0.2, 0.25) is 0 Å². The standard InChI is InChI=1S/C25H29F2N5O3.C2HF3O2/c1-32(20(24(34)35)10-6-12-30-25(28)29)21(33)11-5-9-17-18-13-16(26)14-19(27)23(18)31-22(17)15-7-3-2-4-8-15;3-2(4,5)1(6)7/h2-4,7-8,13-14,20,31H,5-6,9-12H2,1H3,(H,34,35)(H4,28,29,30);(H,6,7)/t20-;/m0./s1. The molecule has 228 valence electrons. The second-order valence-electron chi connectivity index (χ2n) is 9.12. The first-order valence-electron chi connectivity index (χ1n) is 12.5. The molecule has 0 fully saturated rings. The Labute approximate surface area is 236 Å². The van der Waals surface area contributed by atoms with Gasteiger partial charge in [-0.2, -0.15) is 13.2 Å². The Bertz CT molecular complexity index is 1420. The predicted octanol–water partition coefficient (Wildman–Crippen LogP) is 4.03. The van der Waals surface area contributed by atoms with Gasteiger partial charge in [-0.3, -0.25) is 9.79 Å². The third kappa shape index (κ3) is 9.45. The number of aliphatic imine (C=N–C) groups is 1. The summed E-state index contributed by atoms with van der Waals surface area (Å²) < 4.78 is 60.2. The Kier molecular flexibility index (Phi) is 11.8. The Morgan fingerprint density at radius 2 is 1.67 bits per heavy atom. The molecule has 1 aromatic heterocycles. The number of amides is 1. The number of guanidine groups is 1. The highest BCUT2D eigenvalue weighted by Gasteiger charge is 2.38. The number of nitrogens with two attached hydrogens (primary N) is 2. The summed E-state index contributed by atoms with van der Waals surface area (Å²) >= 11 is 0. The normalized spacial score (nSPS) is 11.8. The van der Waals surface area contributed by atoms with Crippen LogP contribution < -0.4 is 11.5 Å². The number of alkyl halides is 3. The molecule has 0 aliphatic rings. The van der Waals surface area contributed by atoms with Crippen molar-refractivity contribution in [1.82, 2.24) is 9.88 Å². The van der Waals surface area contributed by atoms with Gasteiger partial charge in [0, 0.05) is 37.2 Å². The van der Waals surface area contributed by atoms with Crippen LogP contribution in [0.15, 0.2) is 47.5 Å². The number of fused-ring (bicyclic) bond motifs is 1. The van der Waals surface area contributed by atoms with E-state index in [0.29, 0.717) is 35.9 Å². The van der Waals surface area contributed by atoms with Gasteiger partial charge in [-0.05, 0) is 42.9 Å². The van der Waals surface area contributed by atoms with Crippen molar-refractivity contribution >= 4 is 34.7 Å². The molecule has 0 saturated heterocycles. The molecule has 0 saturated carbocycles. The number of hydrogen-bond acceptors (Lipinski definition) is 4. The lowest BCUT2D eigenvalue weighted by Gasteiger charge is -2.24. The monoisotopic (exact) mass is 599 g/mol. The number of hydrogen-bond donors (Lipinski definition) is 5. The van der Waals surface area contributed by atoms with E-state index in [0.717, 1.165) is 11.6 Å². The Morgan fingerprint density at radius 1 is 1.05 bits per heavy atom. The molecule has 10 nitrogen and oxygen atoms in total. The molecule has 1 amide bonds. The third-order valence-electron chi connectivity index (χ3n) is 6.13. The zero-order valence-electron chi connectivity index (χ0n) is 22.4. The van der Waals surface area contributed by atoms with E-state index in [4.69, 9.17) is 21.4 Å². The number of aryl methyl sites for hydroxylation is 1. The van der Waals surface area contributed by atoms with Gasteiger partial charge in [-0.15, -0.1) is 0 Å². The fraction of sp³-hybridized carbons (Fsp3) is 0.333. The number of aromatic nitrogens is 1. The number of aromatic amines is 1. The molecule has 0 aliphatic heterocycles. The first kappa shape index (κ1) is 33.5. The zero-order valence-corrected chi connectivity index (χ0v) is 22.4. The predicted molar refractivity (Wildman–Crippen MR) is 144 cm³/mol. The lowest BCUT2D eigenvalue weighted by atomic mass is 9.99. The molecule has 1 heterocycles. The summed E-state index contributed by atoms with van der Waals surface area (Å²) in [7, 11) is 1.45. The fourth-order valence-electron chi connectivity index (χ4n) is 4.13. The van der Waals surface area contributed by atoms with Gasteiger partial charge < -0.3 is 31.6 Å². The van der Waals surface area contributed by atoms with Crippen molar-refractivity contribution in [2.24, 2.45) is 16.5 Å². The lowest BCUT2D eigenvalue weighted by molar-refractivity contribution is -0.192. The van der Waals surface area contributed by atoms with Gasteiger partial charge in [0.05, 0.1) is 5.52 Å². The molecule has 0 radical (unpaired) electrons. The van der Waals surface area contributed by atoms with E-state index < -0.39 is 35.8 Å². The molecular weight excluding hydrogens is 569 g/mol. The molecule has 0 aliphatic carbocycles. The summed E-state index contributed by atoms with van der Waals surface area (Å²) in [5.74, 6) is -5.65.